The Balaban J connectivity index is 2.20. The largest absolute Gasteiger partial charge is 0.450 e. The van der Waals surface area contributed by atoms with E-state index in [1.807, 2.05) is 17.9 Å². The topological polar surface area (TPSA) is 29.5 Å². The lowest BCUT2D eigenvalue weighted by atomic mass is 9.83. The van der Waals surface area contributed by atoms with Crippen LogP contribution in [0.5, 0.6) is 0 Å². The van der Waals surface area contributed by atoms with Crippen molar-refractivity contribution in [2.24, 2.45) is 0 Å². The van der Waals surface area contributed by atoms with E-state index < -0.39 is 0 Å². The number of nitrogens with zero attached hydrogens (tertiary/aromatic N) is 1. The summed E-state index contributed by atoms with van der Waals surface area (Å²) in [5.74, 6) is 0.378. The molecular weight excluding hydrogens is 226 g/mol. The molecule has 2 rings (SSSR count). The summed E-state index contributed by atoms with van der Waals surface area (Å²) in [4.78, 5) is 13.8. The average Bonchev–Trinajstić information content (AvgIpc) is 2.66. The highest BCUT2D eigenvalue weighted by Crippen LogP contribution is 2.41. The summed E-state index contributed by atoms with van der Waals surface area (Å²) in [6.07, 6.45) is 0.802. The molecule has 1 aliphatic heterocycles. The maximum Gasteiger partial charge on any atom is 0.410 e. The van der Waals surface area contributed by atoms with E-state index >= 15 is 0 Å². The van der Waals surface area contributed by atoms with E-state index in [1.165, 1.54) is 5.56 Å². The van der Waals surface area contributed by atoms with E-state index in [2.05, 4.69) is 38.1 Å². The van der Waals surface area contributed by atoms with Crippen molar-refractivity contribution in [3.8, 4) is 0 Å². The first-order valence-electron chi connectivity index (χ1n) is 6.56. The molecule has 0 radical (unpaired) electrons. The Labute approximate surface area is 109 Å². The van der Waals surface area contributed by atoms with E-state index in [1.54, 1.807) is 0 Å². The zero-order valence-corrected chi connectivity index (χ0v) is 11.3. The highest BCUT2D eigenvalue weighted by Gasteiger charge is 2.44. The Kier molecular flexibility index (Phi) is 3.60. The second-order valence-electron chi connectivity index (χ2n) is 5.26. The van der Waals surface area contributed by atoms with Gasteiger partial charge in [-0.25, -0.2) is 4.79 Å². The fraction of sp³-hybridized carbons (Fsp3) is 0.533. The van der Waals surface area contributed by atoms with E-state index in [4.69, 9.17) is 4.74 Å². The van der Waals surface area contributed by atoms with Gasteiger partial charge in [-0.1, -0.05) is 30.3 Å². The molecule has 0 N–H and O–H groups in total. The van der Waals surface area contributed by atoms with Gasteiger partial charge in [0.05, 0.1) is 6.61 Å². The molecule has 0 aliphatic carbocycles. The van der Waals surface area contributed by atoms with Crippen LogP contribution in [-0.4, -0.2) is 29.7 Å². The van der Waals surface area contributed by atoms with Crippen LogP contribution >= 0.6 is 0 Å². The number of likely N-dealkylation sites (tertiary alicyclic amines) is 1. The van der Waals surface area contributed by atoms with Crippen molar-refractivity contribution in [1.82, 2.24) is 4.90 Å². The molecule has 0 aromatic heterocycles. The lowest BCUT2D eigenvalue weighted by Gasteiger charge is -2.35. The van der Waals surface area contributed by atoms with Gasteiger partial charge < -0.3 is 9.64 Å². The molecule has 18 heavy (non-hydrogen) atoms. The van der Waals surface area contributed by atoms with Gasteiger partial charge in [0.15, 0.2) is 0 Å². The second-order valence-corrected chi connectivity index (χ2v) is 5.26. The Hall–Kier alpha value is -1.51. The van der Waals surface area contributed by atoms with E-state index in [0.717, 1.165) is 13.0 Å². The normalized spacial score (nSPS) is 21.9. The van der Waals surface area contributed by atoms with Crippen LogP contribution in [0.4, 0.5) is 4.79 Å². The Morgan fingerprint density at radius 1 is 1.39 bits per heavy atom. The van der Waals surface area contributed by atoms with Crippen molar-refractivity contribution in [3.05, 3.63) is 35.9 Å². The molecule has 1 fully saturated rings. The first-order chi connectivity index (χ1) is 8.57. The number of hydrogen-bond donors (Lipinski definition) is 0. The summed E-state index contributed by atoms with van der Waals surface area (Å²) in [6.45, 7) is 7.28. The number of carbonyl (C=O) groups excluding carboxylic acids is 1. The second kappa shape index (κ2) is 5.01. The maximum absolute atomic E-state index is 11.9. The monoisotopic (exact) mass is 247 g/mol. The van der Waals surface area contributed by atoms with Crippen LogP contribution in [0.3, 0.4) is 0 Å². The zero-order chi connectivity index (χ0) is 13.2. The molecule has 1 aromatic rings. The predicted octanol–water partition coefficient (Wildman–Crippen LogP) is 3.41. The van der Waals surface area contributed by atoms with Crippen LogP contribution in [0.2, 0.25) is 0 Å². The van der Waals surface area contributed by atoms with Crippen molar-refractivity contribution in [3.63, 3.8) is 0 Å². The number of ether oxygens (including phenoxy) is 1. The van der Waals surface area contributed by atoms with E-state index in [-0.39, 0.29) is 11.6 Å². The van der Waals surface area contributed by atoms with Crippen LogP contribution in [0, 0.1) is 0 Å². The number of rotatable bonds is 2. The summed E-state index contributed by atoms with van der Waals surface area (Å²) in [7, 11) is 0. The third kappa shape index (κ3) is 2.22. The summed E-state index contributed by atoms with van der Waals surface area (Å²) in [6, 6.07) is 10.4. The molecule has 1 unspecified atom stereocenters. The van der Waals surface area contributed by atoms with Crippen molar-refractivity contribution >= 4 is 6.09 Å². The quantitative estimate of drug-likeness (QED) is 0.801. The average molecular weight is 247 g/mol. The van der Waals surface area contributed by atoms with Crippen LogP contribution in [-0.2, 0) is 4.74 Å². The van der Waals surface area contributed by atoms with Gasteiger partial charge in [-0.15, -0.1) is 0 Å². The van der Waals surface area contributed by atoms with Crippen molar-refractivity contribution in [2.45, 2.75) is 38.6 Å². The SMILES string of the molecule is CCOC(=O)N1CCC(c2ccccc2)C1(C)C. The minimum Gasteiger partial charge on any atom is -0.450 e. The Morgan fingerprint density at radius 3 is 2.67 bits per heavy atom. The first kappa shape index (κ1) is 12.9. The van der Waals surface area contributed by atoms with Crippen LogP contribution in [0.25, 0.3) is 0 Å². The molecule has 3 nitrogen and oxygen atoms in total. The Bertz CT molecular complexity index is 414. The molecule has 1 saturated heterocycles. The highest BCUT2D eigenvalue weighted by atomic mass is 16.6. The summed E-state index contributed by atoms with van der Waals surface area (Å²) in [5, 5.41) is 0. The predicted molar refractivity (Wildman–Crippen MR) is 71.6 cm³/mol. The lowest BCUT2D eigenvalue weighted by Crippen LogP contribution is -2.45. The fourth-order valence-electron chi connectivity index (χ4n) is 2.88. The molecule has 1 atom stereocenters. The van der Waals surface area contributed by atoms with E-state index in [0.29, 0.717) is 12.5 Å². The van der Waals surface area contributed by atoms with Gasteiger partial charge in [0.1, 0.15) is 0 Å². The molecule has 0 bridgehead atoms. The van der Waals surface area contributed by atoms with Crippen LogP contribution < -0.4 is 0 Å². The van der Waals surface area contributed by atoms with Crippen LogP contribution in [0.15, 0.2) is 30.3 Å². The summed E-state index contributed by atoms with van der Waals surface area (Å²) >= 11 is 0. The third-order valence-electron chi connectivity index (χ3n) is 3.88. The summed E-state index contributed by atoms with van der Waals surface area (Å²) < 4.78 is 5.13. The van der Waals surface area contributed by atoms with Crippen molar-refractivity contribution < 1.29 is 9.53 Å². The molecule has 0 saturated carbocycles. The molecule has 1 heterocycles. The summed E-state index contributed by atoms with van der Waals surface area (Å²) in [5.41, 5.74) is 1.11. The van der Waals surface area contributed by atoms with Gasteiger partial charge in [-0.3, -0.25) is 0 Å². The molecule has 3 heteroatoms. The van der Waals surface area contributed by atoms with Crippen molar-refractivity contribution in [2.75, 3.05) is 13.2 Å². The van der Waals surface area contributed by atoms with Gasteiger partial charge in [0, 0.05) is 18.0 Å². The zero-order valence-electron chi connectivity index (χ0n) is 11.3. The fourth-order valence-corrected chi connectivity index (χ4v) is 2.88. The minimum atomic E-state index is -0.194. The van der Waals surface area contributed by atoms with E-state index in [9.17, 15) is 4.79 Å². The molecule has 1 amide bonds. The standard InChI is InChI=1S/C15H21NO2/c1-4-18-14(17)16-11-10-13(15(16,2)3)12-8-6-5-7-9-12/h5-9,13H,4,10-11H2,1-3H3. The maximum atomic E-state index is 11.9. The number of amides is 1. The van der Waals surface area contributed by atoms with Gasteiger partial charge >= 0.3 is 6.09 Å². The minimum absolute atomic E-state index is 0.187. The number of benzene rings is 1. The Morgan fingerprint density at radius 2 is 2.06 bits per heavy atom. The molecule has 1 aliphatic rings. The first-order valence-corrected chi connectivity index (χ1v) is 6.56. The van der Waals surface area contributed by atoms with Gasteiger partial charge in [0.2, 0.25) is 0 Å². The molecule has 1 aromatic carbocycles. The van der Waals surface area contributed by atoms with Gasteiger partial charge in [-0.2, -0.15) is 0 Å². The molecule has 0 spiro atoms. The third-order valence-corrected chi connectivity index (χ3v) is 3.88. The number of carbonyl (C=O) groups is 1. The van der Waals surface area contributed by atoms with Crippen LogP contribution in [0.1, 0.15) is 38.7 Å². The number of hydrogen-bond acceptors (Lipinski definition) is 2. The van der Waals surface area contributed by atoms with Gasteiger partial charge in [0.25, 0.3) is 0 Å². The van der Waals surface area contributed by atoms with Crippen molar-refractivity contribution in [1.29, 1.82) is 0 Å². The smallest absolute Gasteiger partial charge is 0.410 e. The van der Waals surface area contributed by atoms with Gasteiger partial charge in [-0.05, 0) is 32.8 Å². The highest BCUT2D eigenvalue weighted by molar-refractivity contribution is 5.69. The molecule has 98 valence electrons. The lowest BCUT2D eigenvalue weighted by molar-refractivity contribution is 0.0812. The molecular formula is C15H21NO2.